The molecule has 3 rings (SSSR count). The molecule has 1 aliphatic rings. The van der Waals surface area contributed by atoms with E-state index in [0.29, 0.717) is 12.0 Å². The van der Waals surface area contributed by atoms with Crippen molar-refractivity contribution in [2.24, 2.45) is 0 Å². The molecule has 5 nitrogen and oxygen atoms in total. The molecule has 3 heterocycles. The molecule has 0 spiro atoms. The van der Waals surface area contributed by atoms with Gasteiger partial charge < -0.3 is 11.1 Å². The van der Waals surface area contributed by atoms with E-state index in [2.05, 4.69) is 40.1 Å². The summed E-state index contributed by atoms with van der Waals surface area (Å²) in [5.74, 6) is 1.22. The lowest BCUT2D eigenvalue weighted by Crippen LogP contribution is -2.35. The second-order valence-corrected chi connectivity index (χ2v) is 6.80. The molecule has 0 saturated carbocycles. The molecule has 3 N–H and O–H groups in total. The minimum Gasteiger partial charge on any atom is -0.368 e. The van der Waals surface area contributed by atoms with Gasteiger partial charge in [-0.05, 0) is 45.3 Å². The summed E-state index contributed by atoms with van der Waals surface area (Å²) >= 11 is 1.70. The molecule has 1 aliphatic heterocycles. The normalized spacial score (nSPS) is 17.4. The van der Waals surface area contributed by atoms with Crippen LogP contribution in [0, 0.1) is 0 Å². The fourth-order valence-electron chi connectivity index (χ4n) is 2.85. The number of fused-ring (bicyclic) bond motifs is 1. The van der Waals surface area contributed by atoms with Crippen LogP contribution in [0.15, 0.2) is 6.07 Å². The van der Waals surface area contributed by atoms with Crippen LogP contribution in [0.5, 0.6) is 0 Å². The maximum atomic E-state index is 5.84. The summed E-state index contributed by atoms with van der Waals surface area (Å²) in [4.78, 5) is 13.6. The first-order valence-corrected chi connectivity index (χ1v) is 8.53. The fraction of sp³-hybridized carbons (Fsp3) is 0.600. The van der Waals surface area contributed by atoms with Gasteiger partial charge >= 0.3 is 0 Å². The van der Waals surface area contributed by atoms with Crippen molar-refractivity contribution < 1.29 is 0 Å². The molecule has 1 saturated heterocycles. The van der Waals surface area contributed by atoms with Gasteiger partial charge in [0.15, 0.2) is 0 Å². The van der Waals surface area contributed by atoms with Crippen LogP contribution >= 0.6 is 11.3 Å². The molecule has 114 valence electrons. The van der Waals surface area contributed by atoms with Crippen molar-refractivity contribution in [3.05, 3.63) is 10.9 Å². The van der Waals surface area contributed by atoms with Gasteiger partial charge in [-0.15, -0.1) is 11.3 Å². The Morgan fingerprint density at radius 1 is 1.38 bits per heavy atom. The number of likely N-dealkylation sites (tertiary alicyclic amines) is 1. The second kappa shape index (κ2) is 6.15. The number of aromatic nitrogens is 2. The van der Waals surface area contributed by atoms with Crippen molar-refractivity contribution in [1.29, 1.82) is 0 Å². The molecular formula is C15H23N5S. The van der Waals surface area contributed by atoms with Crippen LogP contribution in [-0.4, -0.2) is 40.5 Å². The third kappa shape index (κ3) is 3.11. The van der Waals surface area contributed by atoms with Crippen molar-refractivity contribution in [3.8, 4) is 0 Å². The van der Waals surface area contributed by atoms with Gasteiger partial charge in [0.1, 0.15) is 10.6 Å². The van der Waals surface area contributed by atoms with Crippen molar-refractivity contribution in [3.63, 3.8) is 0 Å². The SMILES string of the molecule is CCc1cc2c(NCC(C)N3CCCC3)nc(N)nc2s1. The fourth-order valence-corrected chi connectivity index (χ4v) is 3.83. The maximum Gasteiger partial charge on any atom is 0.223 e. The zero-order valence-corrected chi connectivity index (χ0v) is 13.5. The minimum absolute atomic E-state index is 0.350. The Labute approximate surface area is 129 Å². The smallest absolute Gasteiger partial charge is 0.223 e. The topological polar surface area (TPSA) is 67.1 Å². The Morgan fingerprint density at radius 3 is 2.86 bits per heavy atom. The Kier molecular flexibility index (Phi) is 4.26. The Bertz CT molecular complexity index is 618. The molecule has 1 fully saturated rings. The second-order valence-electron chi connectivity index (χ2n) is 5.69. The third-order valence-corrected chi connectivity index (χ3v) is 5.31. The Balaban J connectivity index is 1.77. The summed E-state index contributed by atoms with van der Waals surface area (Å²) in [6.45, 7) is 7.74. The number of anilines is 2. The van der Waals surface area contributed by atoms with Crippen molar-refractivity contribution in [2.45, 2.75) is 39.2 Å². The average molecular weight is 305 g/mol. The van der Waals surface area contributed by atoms with Gasteiger partial charge in [0.2, 0.25) is 5.95 Å². The van der Waals surface area contributed by atoms with Gasteiger partial charge in [0.05, 0.1) is 5.39 Å². The molecule has 2 aromatic rings. The third-order valence-electron chi connectivity index (χ3n) is 4.14. The van der Waals surface area contributed by atoms with Gasteiger partial charge in [0, 0.05) is 17.5 Å². The summed E-state index contributed by atoms with van der Waals surface area (Å²) in [5.41, 5.74) is 5.84. The summed E-state index contributed by atoms with van der Waals surface area (Å²) in [7, 11) is 0. The lowest BCUT2D eigenvalue weighted by Gasteiger charge is -2.24. The van der Waals surface area contributed by atoms with Crippen LogP contribution in [0.1, 0.15) is 31.6 Å². The maximum absolute atomic E-state index is 5.84. The summed E-state index contributed by atoms with van der Waals surface area (Å²) in [6.07, 6.45) is 3.66. The van der Waals surface area contributed by atoms with E-state index in [1.807, 2.05) is 0 Å². The molecule has 6 heteroatoms. The van der Waals surface area contributed by atoms with Crippen molar-refractivity contribution in [2.75, 3.05) is 30.7 Å². The molecule has 1 unspecified atom stereocenters. The van der Waals surface area contributed by atoms with E-state index in [-0.39, 0.29) is 0 Å². The van der Waals surface area contributed by atoms with Crippen molar-refractivity contribution >= 4 is 33.3 Å². The summed E-state index contributed by atoms with van der Waals surface area (Å²) in [6, 6.07) is 2.70. The molecule has 2 aromatic heterocycles. The predicted molar refractivity (Wildman–Crippen MR) is 90.0 cm³/mol. The van der Waals surface area contributed by atoms with Crippen molar-refractivity contribution in [1.82, 2.24) is 14.9 Å². The number of rotatable bonds is 5. The van der Waals surface area contributed by atoms with Gasteiger partial charge in [0.25, 0.3) is 0 Å². The molecule has 21 heavy (non-hydrogen) atoms. The highest BCUT2D eigenvalue weighted by Gasteiger charge is 2.18. The number of nitrogens with zero attached hydrogens (tertiary/aromatic N) is 3. The molecular weight excluding hydrogens is 282 g/mol. The van der Waals surface area contributed by atoms with Crippen LogP contribution in [0.2, 0.25) is 0 Å². The zero-order chi connectivity index (χ0) is 14.8. The highest BCUT2D eigenvalue weighted by Crippen LogP contribution is 2.29. The Hall–Kier alpha value is -1.40. The lowest BCUT2D eigenvalue weighted by molar-refractivity contribution is 0.269. The molecule has 0 aromatic carbocycles. The van der Waals surface area contributed by atoms with E-state index < -0.39 is 0 Å². The number of thiophene rings is 1. The van der Waals surface area contributed by atoms with Gasteiger partial charge in [-0.25, -0.2) is 4.98 Å². The van der Waals surface area contributed by atoms with Crippen LogP contribution in [0.25, 0.3) is 10.2 Å². The van der Waals surface area contributed by atoms with E-state index in [9.17, 15) is 0 Å². The first-order chi connectivity index (χ1) is 10.2. The van der Waals surface area contributed by atoms with E-state index >= 15 is 0 Å². The monoisotopic (exact) mass is 305 g/mol. The minimum atomic E-state index is 0.350. The largest absolute Gasteiger partial charge is 0.368 e. The van der Waals surface area contributed by atoms with Gasteiger partial charge in [-0.1, -0.05) is 6.92 Å². The standard InChI is InChI=1S/C15H23N5S/c1-3-11-8-12-13(18-15(16)19-14(12)21-11)17-9-10(2)20-6-4-5-7-20/h8,10H,3-7,9H2,1-2H3,(H3,16,17,18,19). The van der Waals surface area contributed by atoms with E-state index in [4.69, 9.17) is 5.73 Å². The van der Waals surface area contributed by atoms with Crippen LogP contribution in [-0.2, 0) is 6.42 Å². The predicted octanol–water partition coefficient (Wildman–Crippen LogP) is 2.73. The van der Waals surface area contributed by atoms with E-state index in [1.54, 1.807) is 11.3 Å². The number of hydrogen-bond acceptors (Lipinski definition) is 6. The number of aryl methyl sites for hydroxylation is 1. The van der Waals surface area contributed by atoms with Crippen LogP contribution < -0.4 is 11.1 Å². The molecule has 0 amide bonds. The summed E-state index contributed by atoms with van der Waals surface area (Å²) < 4.78 is 0. The van der Waals surface area contributed by atoms with Crippen LogP contribution in [0.3, 0.4) is 0 Å². The Morgan fingerprint density at radius 2 is 2.14 bits per heavy atom. The van der Waals surface area contributed by atoms with Crippen LogP contribution in [0.4, 0.5) is 11.8 Å². The first-order valence-electron chi connectivity index (χ1n) is 7.71. The quantitative estimate of drug-likeness (QED) is 0.889. The van der Waals surface area contributed by atoms with Gasteiger partial charge in [-0.3, -0.25) is 4.90 Å². The van der Waals surface area contributed by atoms with E-state index in [1.165, 1.54) is 30.8 Å². The highest BCUT2D eigenvalue weighted by atomic mass is 32.1. The van der Waals surface area contributed by atoms with Gasteiger partial charge in [-0.2, -0.15) is 4.98 Å². The number of hydrogen-bond donors (Lipinski definition) is 2. The summed E-state index contributed by atoms with van der Waals surface area (Å²) in [5, 5.41) is 4.57. The molecule has 0 bridgehead atoms. The number of nitrogens with two attached hydrogens (primary N) is 1. The lowest BCUT2D eigenvalue weighted by atomic mass is 10.2. The zero-order valence-electron chi connectivity index (χ0n) is 12.7. The van der Waals surface area contributed by atoms with E-state index in [0.717, 1.165) is 29.0 Å². The highest BCUT2D eigenvalue weighted by molar-refractivity contribution is 7.18. The average Bonchev–Trinajstić information content (AvgIpc) is 3.12. The first kappa shape index (κ1) is 14.5. The number of nitrogen functional groups attached to an aromatic ring is 1. The molecule has 0 aliphatic carbocycles. The molecule has 1 atom stereocenters. The number of nitrogens with one attached hydrogen (secondary N) is 1. The molecule has 0 radical (unpaired) electrons.